The topological polar surface area (TPSA) is 61.4 Å². The van der Waals surface area contributed by atoms with E-state index < -0.39 is 0 Å². The van der Waals surface area contributed by atoms with E-state index in [0.29, 0.717) is 12.2 Å². The summed E-state index contributed by atoms with van der Waals surface area (Å²) >= 11 is 0. The summed E-state index contributed by atoms with van der Waals surface area (Å²) in [5.41, 5.74) is 0.388. The Kier molecular flexibility index (Phi) is 5.29. The number of nitrogens with one attached hydrogen (secondary N) is 1. The van der Waals surface area contributed by atoms with Crippen LogP contribution in [0.4, 0.5) is 5.82 Å². The maximum atomic E-state index is 11.8. The van der Waals surface area contributed by atoms with E-state index in [1.165, 1.54) is 0 Å². The summed E-state index contributed by atoms with van der Waals surface area (Å²) < 4.78 is 0. The maximum absolute atomic E-state index is 11.8. The van der Waals surface area contributed by atoms with Crippen LogP contribution in [-0.4, -0.2) is 60.8 Å². The molecule has 1 amide bonds. The van der Waals surface area contributed by atoms with Crippen LogP contribution in [0.2, 0.25) is 0 Å². The van der Waals surface area contributed by atoms with Crippen LogP contribution in [0.3, 0.4) is 0 Å². The normalized spacial score (nSPS) is 16.2. The van der Waals surface area contributed by atoms with Gasteiger partial charge < -0.3 is 15.1 Å². The second kappa shape index (κ2) is 7.19. The minimum atomic E-state index is -0.143. The molecule has 0 unspecified atom stereocenters. The number of unbranched alkanes of at least 4 members (excludes halogenated alkanes) is 1. The van der Waals surface area contributed by atoms with Gasteiger partial charge in [-0.25, -0.2) is 0 Å². The van der Waals surface area contributed by atoms with E-state index in [2.05, 4.69) is 39.3 Å². The summed E-state index contributed by atoms with van der Waals surface area (Å²) in [5.74, 6) is 0.707. The molecule has 0 radical (unpaired) electrons. The molecule has 0 saturated carbocycles. The fourth-order valence-electron chi connectivity index (χ4n) is 2.12. The van der Waals surface area contributed by atoms with Crippen molar-refractivity contribution >= 4 is 11.7 Å². The molecule has 1 N–H and O–H groups in total. The zero-order valence-corrected chi connectivity index (χ0v) is 12.3. The van der Waals surface area contributed by atoms with Gasteiger partial charge in [0.2, 0.25) is 0 Å². The molecule has 1 aromatic heterocycles. The van der Waals surface area contributed by atoms with Gasteiger partial charge in [0, 0.05) is 32.7 Å². The first kappa shape index (κ1) is 14.7. The fraction of sp³-hybridized carbons (Fsp3) is 0.643. The number of hydrogen-bond acceptors (Lipinski definition) is 5. The van der Waals surface area contributed by atoms with Crippen molar-refractivity contribution in [3.63, 3.8) is 0 Å². The molecular formula is C14H23N5O. The predicted molar refractivity (Wildman–Crippen MR) is 79.0 cm³/mol. The van der Waals surface area contributed by atoms with E-state index >= 15 is 0 Å². The van der Waals surface area contributed by atoms with E-state index in [0.717, 1.165) is 44.8 Å². The standard InChI is InChI=1S/C14H23N5O/c1-3-4-7-15-14(20)12-5-6-13(17-16-12)19-10-8-18(2)9-11-19/h5-6H,3-4,7-11H2,1-2H3,(H,15,20). The van der Waals surface area contributed by atoms with Crippen LogP contribution < -0.4 is 10.2 Å². The molecule has 0 atom stereocenters. The van der Waals surface area contributed by atoms with Crippen LogP contribution in [0.5, 0.6) is 0 Å². The number of carbonyl (C=O) groups excluding carboxylic acids is 1. The molecule has 1 aliphatic rings. The van der Waals surface area contributed by atoms with E-state index in [4.69, 9.17) is 0 Å². The third-order valence-electron chi connectivity index (χ3n) is 3.53. The Bertz CT molecular complexity index is 426. The molecule has 0 spiro atoms. The summed E-state index contributed by atoms with van der Waals surface area (Å²) in [6.07, 6.45) is 2.05. The molecular weight excluding hydrogens is 254 g/mol. The van der Waals surface area contributed by atoms with Gasteiger partial charge in [-0.05, 0) is 25.6 Å². The van der Waals surface area contributed by atoms with Crippen molar-refractivity contribution < 1.29 is 4.79 Å². The molecule has 6 heteroatoms. The van der Waals surface area contributed by atoms with Crippen LogP contribution >= 0.6 is 0 Å². The molecule has 2 heterocycles. The summed E-state index contributed by atoms with van der Waals surface area (Å²) in [7, 11) is 2.12. The minimum Gasteiger partial charge on any atom is -0.353 e. The number of aromatic nitrogens is 2. The molecule has 1 aliphatic heterocycles. The number of amides is 1. The van der Waals surface area contributed by atoms with Gasteiger partial charge in [-0.3, -0.25) is 4.79 Å². The van der Waals surface area contributed by atoms with E-state index in [1.54, 1.807) is 6.07 Å². The zero-order chi connectivity index (χ0) is 14.4. The predicted octanol–water partition coefficient (Wildman–Crippen LogP) is 0.758. The maximum Gasteiger partial charge on any atom is 0.271 e. The lowest BCUT2D eigenvalue weighted by atomic mass is 10.3. The summed E-state index contributed by atoms with van der Waals surface area (Å²) in [6.45, 7) is 6.75. The Balaban J connectivity index is 1.90. The minimum absolute atomic E-state index is 0.143. The van der Waals surface area contributed by atoms with Crippen LogP contribution in [0.15, 0.2) is 12.1 Å². The Hall–Kier alpha value is -1.69. The zero-order valence-electron chi connectivity index (χ0n) is 12.3. The second-order valence-corrected chi connectivity index (χ2v) is 5.18. The lowest BCUT2D eigenvalue weighted by Gasteiger charge is -2.32. The molecule has 0 bridgehead atoms. The highest BCUT2D eigenvalue weighted by Gasteiger charge is 2.16. The molecule has 0 aromatic carbocycles. The Labute approximate surface area is 120 Å². The number of anilines is 1. The van der Waals surface area contributed by atoms with Gasteiger partial charge in [-0.2, -0.15) is 0 Å². The van der Waals surface area contributed by atoms with Crippen LogP contribution in [0.25, 0.3) is 0 Å². The summed E-state index contributed by atoms with van der Waals surface area (Å²) in [4.78, 5) is 16.3. The largest absolute Gasteiger partial charge is 0.353 e. The Morgan fingerprint density at radius 2 is 2.00 bits per heavy atom. The summed E-state index contributed by atoms with van der Waals surface area (Å²) in [6, 6.07) is 3.63. The molecule has 1 fully saturated rings. The Morgan fingerprint density at radius 1 is 1.25 bits per heavy atom. The van der Waals surface area contributed by atoms with Gasteiger partial charge in [0.1, 0.15) is 0 Å². The smallest absolute Gasteiger partial charge is 0.271 e. The lowest BCUT2D eigenvalue weighted by Crippen LogP contribution is -2.44. The number of likely N-dealkylation sites (N-methyl/N-ethyl adjacent to an activating group) is 1. The van der Waals surface area contributed by atoms with Crippen LogP contribution in [-0.2, 0) is 0 Å². The second-order valence-electron chi connectivity index (χ2n) is 5.18. The molecule has 1 aromatic rings. The van der Waals surface area contributed by atoms with Crippen molar-refractivity contribution in [1.82, 2.24) is 20.4 Å². The third-order valence-corrected chi connectivity index (χ3v) is 3.53. The monoisotopic (exact) mass is 277 g/mol. The van der Waals surface area contributed by atoms with E-state index in [-0.39, 0.29) is 5.91 Å². The number of hydrogen-bond donors (Lipinski definition) is 1. The third kappa shape index (κ3) is 3.90. The molecule has 2 rings (SSSR count). The van der Waals surface area contributed by atoms with Crippen molar-refractivity contribution in [2.24, 2.45) is 0 Å². The lowest BCUT2D eigenvalue weighted by molar-refractivity contribution is 0.0947. The molecule has 6 nitrogen and oxygen atoms in total. The van der Waals surface area contributed by atoms with Gasteiger partial charge in [0.05, 0.1) is 0 Å². The molecule has 110 valence electrons. The average Bonchev–Trinajstić information content (AvgIpc) is 2.48. The van der Waals surface area contributed by atoms with Crippen molar-refractivity contribution in [2.45, 2.75) is 19.8 Å². The summed E-state index contributed by atoms with van der Waals surface area (Å²) in [5, 5.41) is 11.1. The van der Waals surface area contributed by atoms with Crippen molar-refractivity contribution in [2.75, 3.05) is 44.7 Å². The first-order valence-corrected chi connectivity index (χ1v) is 7.26. The SMILES string of the molecule is CCCCNC(=O)c1ccc(N2CCN(C)CC2)nn1. The van der Waals surface area contributed by atoms with Gasteiger partial charge in [-0.1, -0.05) is 13.3 Å². The van der Waals surface area contributed by atoms with E-state index in [9.17, 15) is 4.79 Å². The first-order valence-electron chi connectivity index (χ1n) is 7.26. The van der Waals surface area contributed by atoms with Crippen LogP contribution in [0, 0.1) is 0 Å². The molecule has 1 saturated heterocycles. The molecule has 0 aliphatic carbocycles. The number of rotatable bonds is 5. The van der Waals surface area contributed by atoms with E-state index in [1.807, 2.05) is 6.07 Å². The van der Waals surface area contributed by atoms with Gasteiger partial charge in [-0.15, -0.1) is 10.2 Å². The van der Waals surface area contributed by atoms with Gasteiger partial charge in [0.25, 0.3) is 5.91 Å². The van der Waals surface area contributed by atoms with Crippen molar-refractivity contribution in [3.05, 3.63) is 17.8 Å². The highest BCUT2D eigenvalue weighted by Crippen LogP contribution is 2.12. The highest BCUT2D eigenvalue weighted by atomic mass is 16.1. The fourth-order valence-corrected chi connectivity index (χ4v) is 2.12. The van der Waals surface area contributed by atoms with Crippen LogP contribution in [0.1, 0.15) is 30.3 Å². The van der Waals surface area contributed by atoms with Crippen molar-refractivity contribution in [1.29, 1.82) is 0 Å². The number of nitrogens with zero attached hydrogens (tertiary/aromatic N) is 4. The van der Waals surface area contributed by atoms with Crippen molar-refractivity contribution in [3.8, 4) is 0 Å². The average molecular weight is 277 g/mol. The number of piperazine rings is 1. The molecule has 20 heavy (non-hydrogen) atoms. The van der Waals surface area contributed by atoms with Gasteiger partial charge >= 0.3 is 0 Å². The Morgan fingerprint density at radius 3 is 2.60 bits per heavy atom. The first-order chi connectivity index (χ1) is 9.70. The van der Waals surface area contributed by atoms with Gasteiger partial charge in [0.15, 0.2) is 11.5 Å². The highest BCUT2D eigenvalue weighted by molar-refractivity contribution is 5.92. The number of carbonyl (C=O) groups is 1. The quantitative estimate of drug-likeness (QED) is 0.805.